The van der Waals surface area contributed by atoms with Crippen molar-refractivity contribution in [1.82, 2.24) is 4.57 Å². The van der Waals surface area contributed by atoms with Crippen LogP contribution >= 0.6 is 22.7 Å². The molecule has 7 aromatic carbocycles. The summed E-state index contributed by atoms with van der Waals surface area (Å²) in [6.45, 7) is 0. The molecule has 0 amide bonds. The van der Waals surface area contributed by atoms with Crippen molar-refractivity contribution in [3.05, 3.63) is 152 Å². The smallest absolute Gasteiger partial charge is 0.0634 e. The van der Waals surface area contributed by atoms with Crippen LogP contribution in [-0.4, -0.2) is 4.57 Å². The zero-order valence-electron chi connectivity index (χ0n) is 24.2. The number of para-hydroxylation sites is 1. The van der Waals surface area contributed by atoms with Crippen molar-refractivity contribution in [2.75, 3.05) is 0 Å². The molecule has 0 spiro atoms. The zero-order chi connectivity index (χ0) is 29.5. The zero-order valence-corrected chi connectivity index (χ0v) is 25.8. The minimum absolute atomic E-state index is 1.18. The molecule has 3 heterocycles. The van der Waals surface area contributed by atoms with Gasteiger partial charge in [0.2, 0.25) is 0 Å². The lowest BCUT2D eigenvalue weighted by Gasteiger charge is -2.12. The Morgan fingerprint density at radius 1 is 0.400 bits per heavy atom. The van der Waals surface area contributed by atoms with Gasteiger partial charge in [0.05, 0.1) is 11.0 Å². The largest absolute Gasteiger partial charge is 0.309 e. The molecular weight excluding hydrogens is 583 g/mol. The van der Waals surface area contributed by atoms with Crippen LogP contribution in [0, 0.1) is 0 Å². The number of rotatable bonds is 3. The number of hydrogen-bond acceptors (Lipinski definition) is 2. The molecule has 0 fully saturated rings. The third kappa shape index (κ3) is 3.72. The van der Waals surface area contributed by atoms with Gasteiger partial charge in [0.1, 0.15) is 0 Å². The fourth-order valence-electron chi connectivity index (χ4n) is 7.15. The van der Waals surface area contributed by atoms with E-state index in [-0.39, 0.29) is 0 Å². The Balaban J connectivity index is 1.31. The Morgan fingerprint density at radius 2 is 1.02 bits per heavy atom. The molecule has 3 aromatic heterocycles. The van der Waals surface area contributed by atoms with E-state index in [0.29, 0.717) is 0 Å². The summed E-state index contributed by atoms with van der Waals surface area (Å²) in [7, 11) is 0. The van der Waals surface area contributed by atoms with Crippen molar-refractivity contribution in [2.24, 2.45) is 0 Å². The molecule has 1 nitrogen and oxygen atoms in total. The third-order valence-electron chi connectivity index (χ3n) is 9.20. The molecule has 0 saturated heterocycles. The molecule has 0 N–H and O–H groups in total. The van der Waals surface area contributed by atoms with E-state index in [1.165, 1.54) is 90.1 Å². The maximum absolute atomic E-state index is 2.49. The summed E-state index contributed by atoms with van der Waals surface area (Å²) in [6, 6.07) is 55.8. The number of hydrogen-bond donors (Lipinski definition) is 0. The van der Waals surface area contributed by atoms with E-state index in [2.05, 4.69) is 156 Å². The lowest BCUT2D eigenvalue weighted by Crippen LogP contribution is -1.94. The van der Waals surface area contributed by atoms with Gasteiger partial charge in [-0.15, -0.1) is 22.7 Å². The van der Waals surface area contributed by atoms with E-state index in [4.69, 9.17) is 0 Å². The van der Waals surface area contributed by atoms with Gasteiger partial charge in [-0.3, -0.25) is 0 Å². The highest BCUT2D eigenvalue weighted by Gasteiger charge is 2.21. The molecule has 0 saturated carbocycles. The quantitative estimate of drug-likeness (QED) is 0.188. The lowest BCUT2D eigenvalue weighted by molar-refractivity contribution is 1.19. The van der Waals surface area contributed by atoms with Gasteiger partial charge in [-0.05, 0) is 65.2 Å². The van der Waals surface area contributed by atoms with Gasteiger partial charge in [-0.1, -0.05) is 103 Å². The summed E-state index contributed by atoms with van der Waals surface area (Å²) in [5.41, 5.74) is 8.72. The third-order valence-corrected chi connectivity index (χ3v) is 11.6. The summed E-state index contributed by atoms with van der Waals surface area (Å²) >= 11 is 3.79. The van der Waals surface area contributed by atoms with Crippen LogP contribution < -0.4 is 0 Å². The SMILES string of the molecule is c1ccc(-c2ccc(-n3c4ccccc4c4cc(-c5ccc6sc7ccccc7c6c5)c5sc6ccccc6c5c43)cc2)cc1. The van der Waals surface area contributed by atoms with Crippen LogP contribution in [-0.2, 0) is 0 Å². The van der Waals surface area contributed by atoms with E-state index in [1.807, 2.05) is 22.7 Å². The molecule has 10 rings (SSSR count). The maximum Gasteiger partial charge on any atom is 0.0634 e. The van der Waals surface area contributed by atoms with Crippen LogP contribution in [0.4, 0.5) is 0 Å². The summed E-state index contributed by atoms with van der Waals surface area (Å²) in [5, 5.41) is 7.89. The Morgan fingerprint density at radius 3 is 1.84 bits per heavy atom. The first-order valence-electron chi connectivity index (χ1n) is 15.3. The van der Waals surface area contributed by atoms with Crippen molar-refractivity contribution in [2.45, 2.75) is 0 Å². The molecule has 210 valence electrons. The average Bonchev–Trinajstić information content (AvgIpc) is 3.78. The maximum atomic E-state index is 2.49. The van der Waals surface area contributed by atoms with Crippen LogP contribution in [0.1, 0.15) is 0 Å². The second kappa shape index (κ2) is 9.64. The van der Waals surface area contributed by atoms with Gasteiger partial charge < -0.3 is 4.57 Å². The van der Waals surface area contributed by atoms with Crippen molar-refractivity contribution in [3.8, 4) is 27.9 Å². The molecule has 0 radical (unpaired) electrons. The first-order chi connectivity index (χ1) is 22.3. The van der Waals surface area contributed by atoms with Crippen molar-refractivity contribution < 1.29 is 0 Å². The van der Waals surface area contributed by atoms with E-state index >= 15 is 0 Å². The van der Waals surface area contributed by atoms with E-state index in [1.54, 1.807) is 0 Å². The Kier molecular flexibility index (Phi) is 5.39. The number of benzene rings is 7. The van der Waals surface area contributed by atoms with Crippen LogP contribution in [0.25, 0.3) is 90.1 Å². The standard InChI is InChI=1S/C42H25NS2/c1-2-10-26(11-3-1)27-18-21-29(22-19-27)43-36-15-7-4-12-30(36)35-25-33(42-40(41(35)43)32-14-6-9-17-38(32)45-42)28-20-23-39-34(24-28)31-13-5-8-16-37(31)44-39/h1-25H. The van der Waals surface area contributed by atoms with E-state index in [0.717, 1.165) is 0 Å². The van der Waals surface area contributed by atoms with Gasteiger partial charge in [-0.2, -0.15) is 0 Å². The predicted octanol–water partition coefficient (Wildman–Crippen LogP) is 12.9. The molecule has 10 aromatic rings. The number of thiophene rings is 2. The molecule has 3 heteroatoms. The Labute approximate surface area is 267 Å². The van der Waals surface area contributed by atoms with Gasteiger partial charge in [0.25, 0.3) is 0 Å². The molecule has 45 heavy (non-hydrogen) atoms. The highest BCUT2D eigenvalue weighted by atomic mass is 32.1. The predicted molar refractivity (Wildman–Crippen MR) is 197 cm³/mol. The van der Waals surface area contributed by atoms with Gasteiger partial charge in [-0.25, -0.2) is 0 Å². The number of fused-ring (bicyclic) bond motifs is 10. The molecular formula is C42H25NS2. The monoisotopic (exact) mass is 607 g/mol. The highest BCUT2D eigenvalue weighted by molar-refractivity contribution is 7.26. The molecule has 0 aliphatic heterocycles. The van der Waals surface area contributed by atoms with E-state index in [9.17, 15) is 0 Å². The Hall–Kier alpha value is -5.22. The van der Waals surface area contributed by atoms with Crippen LogP contribution in [0.15, 0.2) is 152 Å². The number of aromatic nitrogens is 1. The van der Waals surface area contributed by atoms with Gasteiger partial charge in [0.15, 0.2) is 0 Å². The van der Waals surface area contributed by atoms with Gasteiger partial charge in [0, 0.05) is 62.4 Å². The highest BCUT2D eigenvalue weighted by Crippen LogP contribution is 2.48. The molecule has 0 atom stereocenters. The summed E-state index contributed by atoms with van der Waals surface area (Å²) < 4.78 is 7.82. The number of nitrogens with zero attached hydrogens (tertiary/aromatic N) is 1. The molecule has 0 aliphatic carbocycles. The topological polar surface area (TPSA) is 4.93 Å². The molecule has 0 aliphatic rings. The van der Waals surface area contributed by atoms with Crippen molar-refractivity contribution in [3.63, 3.8) is 0 Å². The lowest BCUT2D eigenvalue weighted by atomic mass is 9.97. The second-order valence-corrected chi connectivity index (χ2v) is 13.8. The van der Waals surface area contributed by atoms with Gasteiger partial charge >= 0.3 is 0 Å². The normalized spacial score (nSPS) is 12.0. The Bertz CT molecular complexity index is 2740. The van der Waals surface area contributed by atoms with Crippen molar-refractivity contribution in [1.29, 1.82) is 0 Å². The summed E-state index contributed by atoms with van der Waals surface area (Å²) in [6.07, 6.45) is 0. The fourth-order valence-corrected chi connectivity index (χ4v) is 9.48. The second-order valence-electron chi connectivity index (χ2n) is 11.7. The molecule has 0 unspecified atom stereocenters. The first-order valence-corrected chi connectivity index (χ1v) is 16.9. The molecule has 0 bridgehead atoms. The van der Waals surface area contributed by atoms with Crippen LogP contribution in [0.5, 0.6) is 0 Å². The first kappa shape index (κ1) is 25.1. The minimum atomic E-state index is 1.18. The minimum Gasteiger partial charge on any atom is -0.309 e. The van der Waals surface area contributed by atoms with E-state index < -0.39 is 0 Å². The fraction of sp³-hybridized carbons (Fsp3) is 0. The summed E-state index contributed by atoms with van der Waals surface area (Å²) in [5.74, 6) is 0. The average molecular weight is 608 g/mol. The van der Waals surface area contributed by atoms with Crippen LogP contribution in [0.2, 0.25) is 0 Å². The summed E-state index contributed by atoms with van der Waals surface area (Å²) in [4.78, 5) is 0. The van der Waals surface area contributed by atoms with Crippen molar-refractivity contribution >= 4 is 84.8 Å². The van der Waals surface area contributed by atoms with Crippen LogP contribution in [0.3, 0.4) is 0 Å².